The molecule has 0 aromatic carbocycles. The van der Waals surface area contributed by atoms with Gasteiger partial charge in [-0.05, 0) is 19.1 Å². The van der Waals surface area contributed by atoms with Crippen LogP contribution in [0.15, 0.2) is 18.3 Å². The third-order valence-electron chi connectivity index (χ3n) is 2.74. The molecule has 0 fully saturated rings. The van der Waals surface area contributed by atoms with Crippen LogP contribution in [-0.4, -0.2) is 27.0 Å². The summed E-state index contributed by atoms with van der Waals surface area (Å²) < 4.78 is 15.0. The van der Waals surface area contributed by atoms with Crippen molar-refractivity contribution in [3.8, 4) is 0 Å². The van der Waals surface area contributed by atoms with Crippen LogP contribution in [0.25, 0.3) is 5.65 Å². The first-order valence-electron chi connectivity index (χ1n) is 5.12. The van der Waals surface area contributed by atoms with Crippen LogP contribution < -0.4 is 5.73 Å². The number of pyridine rings is 1. The molecule has 90 valence electrons. The number of aromatic nitrogens is 2. The van der Waals surface area contributed by atoms with Gasteiger partial charge in [-0.2, -0.15) is 0 Å². The number of halogens is 1. The van der Waals surface area contributed by atoms with Gasteiger partial charge in [-0.25, -0.2) is 9.37 Å². The van der Waals surface area contributed by atoms with Gasteiger partial charge in [0.2, 0.25) is 0 Å². The summed E-state index contributed by atoms with van der Waals surface area (Å²) >= 11 is 0. The Morgan fingerprint density at radius 1 is 1.71 bits per heavy atom. The molecule has 17 heavy (non-hydrogen) atoms. The molecule has 0 aliphatic carbocycles. The zero-order chi connectivity index (χ0) is 12.6. The van der Waals surface area contributed by atoms with Gasteiger partial charge >= 0.3 is 5.97 Å². The number of imidazole rings is 1. The van der Waals surface area contributed by atoms with Gasteiger partial charge in [-0.3, -0.25) is 4.79 Å². The number of carbonyl (C=O) groups is 1. The standard InChI is InChI=1S/C11H12FN3O2/c1-6-9(7(5-13)11(16)17)14-10-8(12)3-2-4-15(6)10/h2-4,7H,5,13H2,1H3,(H,16,17). The monoisotopic (exact) mass is 237 g/mol. The largest absolute Gasteiger partial charge is 0.481 e. The van der Waals surface area contributed by atoms with Crippen molar-refractivity contribution in [3.63, 3.8) is 0 Å². The predicted octanol–water partition coefficient (Wildman–Crippen LogP) is 0.909. The van der Waals surface area contributed by atoms with E-state index in [0.717, 1.165) is 0 Å². The Labute approximate surface area is 96.7 Å². The van der Waals surface area contributed by atoms with Crippen molar-refractivity contribution >= 4 is 11.6 Å². The molecule has 1 unspecified atom stereocenters. The summed E-state index contributed by atoms with van der Waals surface area (Å²) in [6, 6.07) is 2.82. The molecular weight excluding hydrogens is 225 g/mol. The number of nitrogens with zero attached hydrogens (tertiary/aromatic N) is 2. The number of aliphatic carboxylic acids is 1. The highest BCUT2D eigenvalue weighted by Gasteiger charge is 2.24. The molecule has 2 heterocycles. The summed E-state index contributed by atoms with van der Waals surface area (Å²) in [6.07, 6.45) is 1.64. The lowest BCUT2D eigenvalue weighted by Crippen LogP contribution is -2.22. The molecule has 2 aromatic rings. The predicted molar refractivity (Wildman–Crippen MR) is 59.3 cm³/mol. The fourth-order valence-corrected chi connectivity index (χ4v) is 1.83. The van der Waals surface area contributed by atoms with Gasteiger partial charge in [0.1, 0.15) is 5.92 Å². The summed E-state index contributed by atoms with van der Waals surface area (Å²) in [4.78, 5) is 15.1. The van der Waals surface area contributed by atoms with E-state index in [2.05, 4.69) is 4.98 Å². The number of aryl methyl sites for hydroxylation is 1. The van der Waals surface area contributed by atoms with E-state index in [1.165, 1.54) is 10.5 Å². The normalized spacial score (nSPS) is 12.9. The van der Waals surface area contributed by atoms with Crippen LogP contribution in [0.3, 0.4) is 0 Å². The zero-order valence-electron chi connectivity index (χ0n) is 9.22. The number of hydrogen-bond donors (Lipinski definition) is 2. The van der Waals surface area contributed by atoms with Crippen molar-refractivity contribution in [2.75, 3.05) is 6.54 Å². The Kier molecular flexibility index (Phi) is 2.81. The number of fused-ring (bicyclic) bond motifs is 1. The fourth-order valence-electron chi connectivity index (χ4n) is 1.83. The first kappa shape index (κ1) is 11.5. The average Bonchev–Trinajstić information content (AvgIpc) is 2.60. The molecule has 2 aromatic heterocycles. The van der Waals surface area contributed by atoms with Gasteiger partial charge in [-0.15, -0.1) is 0 Å². The van der Waals surface area contributed by atoms with Crippen LogP contribution in [0.2, 0.25) is 0 Å². The number of carboxylic acid groups (broad SMARTS) is 1. The third-order valence-corrected chi connectivity index (χ3v) is 2.74. The highest BCUT2D eigenvalue weighted by molar-refractivity contribution is 5.76. The molecule has 2 rings (SSSR count). The number of nitrogens with two attached hydrogens (primary N) is 1. The van der Waals surface area contributed by atoms with Crippen LogP contribution in [0.5, 0.6) is 0 Å². The zero-order valence-corrected chi connectivity index (χ0v) is 9.22. The van der Waals surface area contributed by atoms with Gasteiger partial charge in [0.25, 0.3) is 0 Å². The molecule has 0 saturated heterocycles. The molecule has 6 heteroatoms. The summed E-state index contributed by atoms with van der Waals surface area (Å²) in [6.45, 7) is 1.63. The molecule has 0 saturated carbocycles. The van der Waals surface area contributed by atoms with Crippen LogP contribution in [0.4, 0.5) is 4.39 Å². The van der Waals surface area contributed by atoms with Gasteiger partial charge in [0.15, 0.2) is 11.5 Å². The second-order valence-corrected chi connectivity index (χ2v) is 3.76. The smallest absolute Gasteiger partial charge is 0.313 e. The lowest BCUT2D eigenvalue weighted by molar-refractivity contribution is -0.138. The van der Waals surface area contributed by atoms with E-state index in [4.69, 9.17) is 10.8 Å². The Morgan fingerprint density at radius 3 is 2.94 bits per heavy atom. The maximum atomic E-state index is 13.5. The second kappa shape index (κ2) is 4.14. The Bertz CT molecular complexity index is 579. The highest BCUT2D eigenvalue weighted by atomic mass is 19.1. The second-order valence-electron chi connectivity index (χ2n) is 3.76. The van der Waals surface area contributed by atoms with Crippen LogP contribution >= 0.6 is 0 Å². The Hall–Kier alpha value is -1.95. The minimum absolute atomic E-state index is 0.0678. The van der Waals surface area contributed by atoms with E-state index in [-0.39, 0.29) is 12.2 Å². The van der Waals surface area contributed by atoms with Crippen LogP contribution in [0.1, 0.15) is 17.3 Å². The summed E-state index contributed by atoms with van der Waals surface area (Å²) in [5, 5.41) is 9.02. The third kappa shape index (κ3) is 1.76. The lowest BCUT2D eigenvalue weighted by Gasteiger charge is -2.07. The summed E-state index contributed by atoms with van der Waals surface area (Å²) in [5.74, 6) is -2.45. The minimum atomic E-state index is -1.06. The van der Waals surface area contributed by atoms with Gasteiger partial charge in [0.05, 0.1) is 5.69 Å². The van der Waals surface area contributed by atoms with E-state index in [1.807, 2.05) is 0 Å². The van der Waals surface area contributed by atoms with Crippen molar-refractivity contribution in [2.24, 2.45) is 5.73 Å². The Balaban J connectivity index is 2.67. The number of carboxylic acids is 1. The fraction of sp³-hybridized carbons (Fsp3) is 0.273. The first-order chi connectivity index (χ1) is 8.06. The number of rotatable bonds is 3. The highest BCUT2D eigenvalue weighted by Crippen LogP contribution is 2.21. The van der Waals surface area contributed by atoms with Gasteiger partial charge < -0.3 is 15.2 Å². The average molecular weight is 237 g/mol. The van der Waals surface area contributed by atoms with E-state index in [1.54, 1.807) is 19.2 Å². The van der Waals surface area contributed by atoms with Gasteiger partial charge in [0, 0.05) is 18.4 Å². The van der Waals surface area contributed by atoms with Crippen molar-refractivity contribution in [1.29, 1.82) is 0 Å². The summed E-state index contributed by atoms with van der Waals surface area (Å²) in [5.41, 5.74) is 6.44. The van der Waals surface area contributed by atoms with E-state index >= 15 is 0 Å². The van der Waals surface area contributed by atoms with E-state index in [0.29, 0.717) is 11.4 Å². The molecule has 1 atom stereocenters. The maximum Gasteiger partial charge on any atom is 0.313 e. The molecule has 0 spiro atoms. The molecule has 0 bridgehead atoms. The van der Waals surface area contributed by atoms with Crippen molar-refractivity contribution < 1.29 is 14.3 Å². The van der Waals surface area contributed by atoms with E-state index < -0.39 is 17.7 Å². The van der Waals surface area contributed by atoms with E-state index in [9.17, 15) is 9.18 Å². The van der Waals surface area contributed by atoms with Crippen molar-refractivity contribution in [1.82, 2.24) is 9.38 Å². The molecule has 0 amide bonds. The Morgan fingerprint density at radius 2 is 2.41 bits per heavy atom. The molecule has 3 N–H and O–H groups in total. The molecule has 0 radical (unpaired) electrons. The minimum Gasteiger partial charge on any atom is -0.481 e. The molecule has 5 nitrogen and oxygen atoms in total. The molecular formula is C11H12FN3O2. The van der Waals surface area contributed by atoms with Gasteiger partial charge in [-0.1, -0.05) is 0 Å². The lowest BCUT2D eigenvalue weighted by atomic mass is 10.1. The molecule has 0 aliphatic heterocycles. The molecule has 0 aliphatic rings. The van der Waals surface area contributed by atoms with Crippen molar-refractivity contribution in [3.05, 3.63) is 35.5 Å². The van der Waals surface area contributed by atoms with Crippen LogP contribution in [-0.2, 0) is 4.79 Å². The number of hydrogen-bond acceptors (Lipinski definition) is 3. The quantitative estimate of drug-likeness (QED) is 0.831. The maximum absolute atomic E-state index is 13.5. The summed E-state index contributed by atoms with van der Waals surface area (Å²) in [7, 11) is 0. The first-order valence-corrected chi connectivity index (χ1v) is 5.12. The van der Waals surface area contributed by atoms with Crippen LogP contribution in [0, 0.1) is 12.7 Å². The van der Waals surface area contributed by atoms with Crippen molar-refractivity contribution in [2.45, 2.75) is 12.8 Å². The topological polar surface area (TPSA) is 80.6 Å². The SMILES string of the molecule is Cc1c(C(CN)C(=O)O)nc2c(F)cccn12.